The minimum absolute atomic E-state index is 1.13. The van der Waals surface area contributed by atoms with Gasteiger partial charge in [0.25, 0.3) is 0 Å². The van der Waals surface area contributed by atoms with Crippen molar-refractivity contribution in [3.05, 3.63) is 0 Å². The van der Waals surface area contributed by atoms with Crippen LogP contribution in [-0.4, -0.2) is 49.5 Å². The fraction of sp³-hybridized carbons (Fsp3) is 0.923. The van der Waals surface area contributed by atoms with Gasteiger partial charge in [0.2, 0.25) is 0 Å². The Morgan fingerprint density at radius 3 is 2.44 bits per heavy atom. The quantitative estimate of drug-likeness (QED) is 0.620. The zero-order chi connectivity index (χ0) is 11.8. The summed E-state index contributed by atoms with van der Waals surface area (Å²) in [5.41, 5.74) is 0. The predicted molar refractivity (Wildman–Crippen MR) is 70.9 cm³/mol. The zero-order valence-electron chi connectivity index (χ0n) is 11.2. The molecule has 0 spiro atoms. The second-order valence-electron chi connectivity index (χ2n) is 4.70. The third-order valence-electron chi connectivity index (χ3n) is 3.31. The fourth-order valence-corrected chi connectivity index (χ4v) is 2.32. The van der Waals surface area contributed by atoms with E-state index in [9.17, 15) is 0 Å². The smallest absolute Gasteiger partial charge is 0.196 e. The molecule has 0 amide bonds. The average molecular weight is 225 g/mol. The van der Waals surface area contributed by atoms with Crippen LogP contribution in [-0.2, 0) is 0 Å². The number of hydrogen-bond donors (Lipinski definition) is 0. The molecule has 3 nitrogen and oxygen atoms in total. The molecule has 0 aromatic heterocycles. The molecule has 0 bridgehead atoms. The second-order valence-corrected chi connectivity index (χ2v) is 4.70. The molecule has 1 aliphatic rings. The molecule has 0 radical (unpaired) electrons. The third kappa shape index (κ3) is 4.03. The highest BCUT2D eigenvalue weighted by Gasteiger charge is 2.21. The van der Waals surface area contributed by atoms with E-state index < -0.39 is 0 Å². The molecule has 1 fully saturated rings. The van der Waals surface area contributed by atoms with Crippen LogP contribution >= 0.6 is 0 Å². The van der Waals surface area contributed by atoms with E-state index in [0.29, 0.717) is 0 Å². The van der Waals surface area contributed by atoms with E-state index in [2.05, 4.69) is 28.8 Å². The van der Waals surface area contributed by atoms with Gasteiger partial charge in [0, 0.05) is 33.7 Å². The highest BCUT2D eigenvalue weighted by Crippen LogP contribution is 2.10. The van der Waals surface area contributed by atoms with Crippen molar-refractivity contribution in [1.29, 1.82) is 0 Å². The van der Waals surface area contributed by atoms with Gasteiger partial charge < -0.3 is 9.80 Å². The zero-order valence-corrected chi connectivity index (χ0v) is 11.2. The molecular formula is C13H27N3. The second kappa shape index (κ2) is 7.53. The number of guanidine groups is 1. The maximum atomic E-state index is 4.35. The molecule has 0 aromatic carbocycles. The Morgan fingerprint density at radius 2 is 1.75 bits per heavy atom. The van der Waals surface area contributed by atoms with E-state index in [4.69, 9.17) is 0 Å². The highest BCUT2D eigenvalue weighted by molar-refractivity contribution is 5.81. The molecule has 1 saturated heterocycles. The van der Waals surface area contributed by atoms with Crippen LogP contribution in [0.25, 0.3) is 0 Å². The highest BCUT2D eigenvalue weighted by atomic mass is 15.4. The van der Waals surface area contributed by atoms with Gasteiger partial charge in [-0.2, -0.15) is 0 Å². The lowest BCUT2D eigenvalue weighted by atomic mass is 10.1. The van der Waals surface area contributed by atoms with E-state index in [1.807, 2.05) is 7.05 Å². The lowest BCUT2D eigenvalue weighted by Crippen LogP contribution is -2.32. The van der Waals surface area contributed by atoms with Crippen LogP contribution in [0.3, 0.4) is 0 Å². The number of hydrogen-bond acceptors (Lipinski definition) is 1. The Morgan fingerprint density at radius 1 is 1.06 bits per heavy atom. The third-order valence-corrected chi connectivity index (χ3v) is 3.31. The number of unbranched alkanes of at least 4 members (excludes halogenated alkanes) is 5. The molecule has 1 rings (SSSR count). The molecule has 0 aromatic rings. The van der Waals surface area contributed by atoms with Crippen LogP contribution in [0, 0.1) is 0 Å². The first-order chi connectivity index (χ1) is 7.79. The largest absolute Gasteiger partial charge is 0.344 e. The van der Waals surface area contributed by atoms with Gasteiger partial charge in [-0.15, -0.1) is 0 Å². The van der Waals surface area contributed by atoms with Gasteiger partial charge in [-0.05, 0) is 6.42 Å². The van der Waals surface area contributed by atoms with E-state index in [-0.39, 0.29) is 0 Å². The fourth-order valence-electron chi connectivity index (χ4n) is 2.32. The Hall–Kier alpha value is -0.730. The Bertz CT molecular complexity index is 213. The summed E-state index contributed by atoms with van der Waals surface area (Å²) >= 11 is 0. The summed E-state index contributed by atoms with van der Waals surface area (Å²) in [6.45, 7) is 5.73. The molecule has 0 atom stereocenters. The lowest BCUT2D eigenvalue weighted by Gasteiger charge is -2.19. The SMILES string of the molecule is CCCCCCCCN1CCN(C)C1=NC. The maximum Gasteiger partial charge on any atom is 0.196 e. The van der Waals surface area contributed by atoms with Crippen LogP contribution in [0.15, 0.2) is 4.99 Å². The summed E-state index contributed by atoms with van der Waals surface area (Å²) in [5.74, 6) is 1.17. The first kappa shape index (κ1) is 13.3. The normalized spacial score (nSPS) is 18.8. The van der Waals surface area contributed by atoms with Gasteiger partial charge >= 0.3 is 0 Å². The molecular weight excluding hydrogens is 198 g/mol. The summed E-state index contributed by atoms with van der Waals surface area (Å²) < 4.78 is 0. The summed E-state index contributed by atoms with van der Waals surface area (Å²) in [6.07, 6.45) is 8.23. The van der Waals surface area contributed by atoms with Crippen molar-refractivity contribution in [1.82, 2.24) is 9.80 Å². The van der Waals surface area contributed by atoms with Gasteiger partial charge in [-0.1, -0.05) is 39.0 Å². The minimum atomic E-state index is 1.13. The Kier molecular flexibility index (Phi) is 6.27. The van der Waals surface area contributed by atoms with E-state index in [1.165, 1.54) is 51.0 Å². The summed E-state index contributed by atoms with van der Waals surface area (Å²) in [5, 5.41) is 0. The summed E-state index contributed by atoms with van der Waals surface area (Å²) in [4.78, 5) is 9.01. The van der Waals surface area contributed by atoms with Gasteiger partial charge in [-0.3, -0.25) is 4.99 Å². The molecule has 0 unspecified atom stereocenters. The van der Waals surface area contributed by atoms with Crippen molar-refractivity contribution in [2.24, 2.45) is 4.99 Å². The Labute approximate surface area is 101 Å². The average Bonchev–Trinajstić information content (AvgIpc) is 2.64. The van der Waals surface area contributed by atoms with Crippen molar-refractivity contribution < 1.29 is 0 Å². The first-order valence-corrected chi connectivity index (χ1v) is 6.72. The molecule has 3 heteroatoms. The predicted octanol–water partition coefficient (Wildman–Crippen LogP) is 2.58. The van der Waals surface area contributed by atoms with Gasteiger partial charge in [0.15, 0.2) is 5.96 Å². The maximum absolute atomic E-state index is 4.35. The number of rotatable bonds is 7. The summed E-state index contributed by atoms with van der Waals surface area (Å²) in [6, 6.07) is 0. The first-order valence-electron chi connectivity index (χ1n) is 6.72. The topological polar surface area (TPSA) is 18.8 Å². The van der Waals surface area contributed by atoms with Crippen molar-refractivity contribution in [3.63, 3.8) is 0 Å². The number of likely N-dealkylation sites (N-methyl/N-ethyl adjacent to an activating group) is 1. The van der Waals surface area contributed by atoms with E-state index in [1.54, 1.807) is 0 Å². The van der Waals surface area contributed by atoms with Gasteiger partial charge in [0.1, 0.15) is 0 Å². The minimum Gasteiger partial charge on any atom is -0.344 e. The standard InChI is InChI=1S/C13H27N3/c1-4-5-6-7-8-9-10-16-12-11-15(3)13(16)14-2/h4-12H2,1-3H3. The molecule has 0 saturated carbocycles. The number of nitrogens with zero attached hydrogens (tertiary/aromatic N) is 3. The molecule has 0 aliphatic carbocycles. The molecule has 94 valence electrons. The van der Waals surface area contributed by atoms with Crippen LogP contribution in [0.5, 0.6) is 0 Å². The monoisotopic (exact) mass is 225 g/mol. The molecule has 1 heterocycles. The van der Waals surface area contributed by atoms with Crippen molar-refractivity contribution in [2.45, 2.75) is 45.4 Å². The van der Waals surface area contributed by atoms with E-state index in [0.717, 1.165) is 13.1 Å². The van der Waals surface area contributed by atoms with Crippen molar-refractivity contribution >= 4 is 5.96 Å². The van der Waals surface area contributed by atoms with Gasteiger partial charge in [-0.25, -0.2) is 0 Å². The molecule has 16 heavy (non-hydrogen) atoms. The van der Waals surface area contributed by atoms with Crippen LogP contribution in [0.1, 0.15) is 45.4 Å². The van der Waals surface area contributed by atoms with Crippen LogP contribution in [0.4, 0.5) is 0 Å². The lowest BCUT2D eigenvalue weighted by molar-refractivity contribution is 0.434. The summed E-state index contributed by atoms with van der Waals surface area (Å²) in [7, 11) is 4.02. The van der Waals surface area contributed by atoms with Crippen molar-refractivity contribution in [2.75, 3.05) is 33.7 Å². The van der Waals surface area contributed by atoms with Crippen LogP contribution < -0.4 is 0 Å². The molecule has 1 aliphatic heterocycles. The van der Waals surface area contributed by atoms with E-state index >= 15 is 0 Å². The number of aliphatic imine (C=N–C) groups is 1. The van der Waals surface area contributed by atoms with Crippen molar-refractivity contribution in [3.8, 4) is 0 Å². The van der Waals surface area contributed by atoms with Crippen LogP contribution in [0.2, 0.25) is 0 Å². The Balaban J connectivity index is 2.09. The molecule has 0 N–H and O–H groups in total. The van der Waals surface area contributed by atoms with Gasteiger partial charge in [0.05, 0.1) is 0 Å².